The predicted octanol–water partition coefficient (Wildman–Crippen LogP) is 2.79. The zero-order valence-electron chi connectivity index (χ0n) is 10.8. The Morgan fingerprint density at radius 1 is 1.65 bits per heavy atom. The number of nitrogens with zero attached hydrogens (tertiary/aromatic N) is 4. The third-order valence-electron chi connectivity index (χ3n) is 3.46. The van der Waals surface area contributed by atoms with Gasteiger partial charge in [0.05, 0.1) is 22.4 Å². The van der Waals surface area contributed by atoms with Crippen LogP contribution in [-0.2, 0) is 4.79 Å². The van der Waals surface area contributed by atoms with E-state index in [1.807, 2.05) is 12.3 Å². The van der Waals surface area contributed by atoms with E-state index in [0.717, 1.165) is 23.3 Å². The number of aryl methyl sites for hydroxylation is 1. The molecular formula is C12H13ClN4O2S. The first-order valence-corrected chi connectivity index (χ1v) is 7.57. The topological polar surface area (TPSA) is 80.9 Å². The summed E-state index contributed by atoms with van der Waals surface area (Å²) in [6.45, 7) is 1.92. The number of tetrazole rings is 1. The minimum Gasteiger partial charge on any atom is -0.481 e. The normalized spacial score (nSPS) is 16.3. The molecule has 3 rings (SSSR count). The number of hydrogen-bond acceptors (Lipinski definition) is 5. The van der Waals surface area contributed by atoms with Gasteiger partial charge in [0.2, 0.25) is 0 Å². The van der Waals surface area contributed by atoms with Crippen molar-refractivity contribution >= 4 is 28.9 Å². The van der Waals surface area contributed by atoms with Crippen molar-refractivity contribution in [1.82, 2.24) is 20.2 Å². The van der Waals surface area contributed by atoms with Gasteiger partial charge >= 0.3 is 5.97 Å². The summed E-state index contributed by atoms with van der Waals surface area (Å²) in [5.74, 6) is 0.0660. The average Bonchev–Trinajstić information content (AvgIpc) is 3.05. The molecule has 0 bridgehead atoms. The smallest absolute Gasteiger partial charge is 0.305 e. The van der Waals surface area contributed by atoms with Crippen molar-refractivity contribution in [3.05, 3.63) is 16.0 Å². The van der Waals surface area contributed by atoms with Gasteiger partial charge in [0.15, 0.2) is 5.82 Å². The number of carboxylic acids is 1. The number of carbonyl (C=O) groups is 1. The van der Waals surface area contributed by atoms with Gasteiger partial charge in [0.1, 0.15) is 0 Å². The maximum Gasteiger partial charge on any atom is 0.305 e. The molecule has 2 aromatic rings. The fraction of sp³-hybridized carbons (Fsp3) is 0.500. The maximum atomic E-state index is 11.1. The van der Waals surface area contributed by atoms with Crippen molar-refractivity contribution in [2.24, 2.45) is 5.92 Å². The summed E-state index contributed by atoms with van der Waals surface area (Å²) in [4.78, 5) is 11.8. The molecule has 6 nitrogen and oxygen atoms in total. The predicted molar refractivity (Wildman–Crippen MR) is 74.9 cm³/mol. The van der Waals surface area contributed by atoms with E-state index in [0.29, 0.717) is 16.8 Å². The second-order valence-corrected chi connectivity index (χ2v) is 6.27. The zero-order chi connectivity index (χ0) is 14.3. The highest BCUT2D eigenvalue weighted by Crippen LogP contribution is 2.44. The highest BCUT2D eigenvalue weighted by Gasteiger charge is 2.36. The van der Waals surface area contributed by atoms with Crippen LogP contribution in [0.25, 0.3) is 10.7 Å². The lowest BCUT2D eigenvalue weighted by Gasteiger charge is -2.15. The molecule has 106 valence electrons. The van der Waals surface area contributed by atoms with E-state index in [-0.39, 0.29) is 12.5 Å². The van der Waals surface area contributed by atoms with Crippen LogP contribution >= 0.6 is 22.9 Å². The molecule has 1 saturated carbocycles. The van der Waals surface area contributed by atoms with E-state index >= 15 is 0 Å². The van der Waals surface area contributed by atoms with Crippen LogP contribution in [0.1, 0.15) is 30.9 Å². The van der Waals surface area contributed by atoms with E-state index in [1.54, 1.807) is 4.68 Å². The van der Waals surface area contributed by atoms with Crippen LogP contribution < -0.4 is 0 Å². The van der Waals surface area contributed by atoms with Crippen molar-refractivity contribution in [2.75, 3.05) is 0 Å². The number of halogens is 1. The lowest BCUT2D eigenvalue weighted by atomic mass is 10.1. The molecule has 0 saturated heterocycles. The van der Waals surface area contributed by atoms with Gasteiger partial charge in [0.25, 0.3) is 0 Å². The number of rotatable bonds is 5. The summed E-state index contributed by atoms with van der Waals surface area (Å²) in [7, 11) is 0. The second kappa shape index (κ2) is 5.14. The quantitative estimate of drug-likeness (QED) is 0.918. The molecule has 1 aliphatic rings. The molecule has 0 spiro atoms. The van der Waals surface area contributed by atoms with Crippen LogP contribution in [0.3, 0.4) is 0 Å². The molecule has 0 amide bonds. The molecule has 1 fully saturated rings. The minimum absolute atomic E-state index is 0.0324. The van der Waals surface area contributed by atoms with Gasteiger partial charge in [-0.15, -0.1) is 16.4 Å². The zero-order valence-corrected chi connectivity index (χ0v) is 12.4. The molecule has 1 N–H and O–H groups in total. The van der Waals surface area contributed by atoms with Crippen molar-refractivity contribution in [2.45, 2.75) is 32.2 Å². The van der Waals surface area contributed by atoms with E-state index < -0.39 is 5.97 Å². The van der Waals surface area contributed by atoms with E-state index in [2.05, 4.69) is 15.5 Å². The third kappa shape index (κ3) is 2.43. The Bertz CT molecular complexity index is 650. The Morgan fingerprint density at radius 2 is 2.40 bits per heavy atom. The van der Waals surface area contributed by atoms with Crippen LogP contribution in [0.15, 0.2) is 5.38 Å². The molecule has 1 atom stereocenters. The number of aliphatic carboxylic acids is 1. The molecule has 1 aliphatic carbocycles. The summed E-state index contributed by atoms with van der Waals surface area (Å²) < 4.78 is 1.63. The van der Waals surface area contributed by atoms with E-state index in [1.165, 1.54) is 11.3 Å². The largest absolute Gasteiger partial charge is 0.481 e. The van der Waals surface area contributed by atoms with Gasteiger partial charge < -0.3 is 5.11 Å². The van der Waals surface area contributed by atoms with E-state index in [4.69, 9.17) is 16.7 Å². The molecule has 2 aromatic heterocycles. The third-order valence-corrected chi connectivity index (χ3v) is 5.15. The van der Waals surface area contributed by atoms with Gasteiger partial charge in [-0.3, -0.25) is 4.79 Å². The lowest BCUT2D eigenvalue weighted by Crippen LogP contribution is -2.18. The van der Waals surface area contributed by atoms with E-state index in [9.17, 15) is 4.79 Å². The molecule has 1 unspecified atom stereocenters. The van der Waals surface area contributed by atoms with Gasteiger partial charge in [-0.1, -0.05) is 11.6 Å². The van der Waals surface area contributed by atoms with Crippen LogP contribution in [0.4, 0.5) is 0 Å². The monoisotopic (exact) mass is 312 g/mol. The Morgan fingerprint density at radius 3 is 2.95 bits per heavy atom. The first-order chi connectivity index (χ1) is 9.58. The summed E-state index contributed by atoms with van der Waals surface area (Å²) in [6.07, 6.45) is 2.08. The van der Waals surface area contributed by atoms with Gasteiger partial charge in [-0.05, 0) is 47.1 Å². The van der Waals surface area contributed by atoms with Crippen LogP contribution in [0.2, 0.25) is 5.02 Å². The average molecular weight is 313 g/mol. The number of thiophene rings is 1. The van der Waals surface area contributed by atoms with Gasteiger partial charge in [0, 0.05) is 0 Å². The first-order valence-electron chi connectivity index (χ1n) is 6.31. The van der Waals surface area contributed by atoms with Crippen molar-refractivity contribution in [3.8, 4) is 10.7 Å². The Hall–Kier alpha value is -1.47. The summed E-state index contributed by atoms with van der Waals surface area (Å²) in [6, 6.07) is -0.198. The van der Waals surface area contributed by atoms with Crippen LogP contribution in [-0.4, -0.2) is 31.3 Å². The molecule has 2 heterocycles. The fourth-order valence-corrected chi connectivity index (χ4v) is 3.51. The highest BCUT2D eigenvalue weighted by atomic mass is 35.5. The van der Waals surface area contributed by atoms with Gasteiger partial charge in [-0.25, -0.2) is 4.68 Å². The maximum absolute atomic E-state index is 11.1. The SMILES string of the molecule is Cc1csc(-c2nnnn2C(CC(=O)O)C2CC2)c1Cl. The molecular weight excluding hydrogens is 300 g/mol. The molecule has 8 heteroatoms. The summed E-state index contributed by atoms with van der Waals surface area (Å²) in [5, 5.41) is 23.4. The second-order valence-electron chi connectivity index (χ2n) is 5.01. The fourth-order valence-electron chi connectivity index (χ4n) is 2.26. The Balaban J connectivity index is 2.00. The van der Waals surface area contributed by atoms with Crippen LogP contribution in [0, 0.1) is 12.8 Å². The number of carboxylic acid groups (broad SMARTS) is 1. The summed E-state index contributed by atoms with van der Waals surface area (Å²) in [5.41, 5.74) is 0.974. The number of aromatic nitrogens is 4. The van der Waals surface area contributed by atoms with Crippen molar-refractivity contribution in [1.29, 1.82) is 0 Å². The lowest BCUT2D eigenvalue weighted by molar-refractivity contribution is -0.138. The van der Waals surface area contributed by atoms with Crippen molar-refractivity contribution < 1.29 is 9.90 Å². The van der Waals surface area contributed by atoms with Gasteiger partial charge in [-0.2, -0.15) is 0 Å². The minimum atomic E-state index is -0.836. The standard InChI is InChI=1S/C12H13ClN4O2S/c1-6-5-20-11(10(6)13)12-14-15-16-17(12)8(4-9(18)19)7-2-3-7/h5,7-8H,2-4H2,1H3,(H,18,19). The Labute approximate surface area is 124 Å². The highest BCUT2D eigenvalue weighted by molar-refractivity contribution is 7.14. The first kappa shape index (κ1) is 13.5. The molecule has 0 aliphatic heterocycles. The molecule has 0 aromatic carbocycles. The van der Waals surface area contributed by atoms with Crippen molar-refractivity contribution in [3.63, 3.8) is 0 Å². The summed E-state index contributed by atoms with van der Waals surface area (Å²) >= 11 is 7.74. The molecule has 20 heavy (non-hydrogen) atoms. The van der Waals surface area contributed by atoms with Crippen LogP contribution in [0.5, 0.6) is 0 Å². The Kier molecular flexibility index (Phi) is 3.47. The molecule has 0 radical (unpaired) electrons. The number of hydrogen-bond donors (Lipinski definition) is 1.